The number of ether oxygens (including phenoxy) is 1. The van der Waals surface area contributed by atoms with E-state index < -0.39 is 0 Å². The molecule has 0 saturated carbocycles. The summed E-state index contributed by atoms with van der Waals surface area (Å²) < 4.78 is 4.91. The molecule has 0 fully saturated rings. The van der Waals surface area contributed by atoms with Gasteiger partial charge in [0, 0.05) is 48.9 Å². The summed E-state index contributed by atoms with van der Waals surface area (Å²) in [5, 5.41) is 8.57. The SMILES string of the molecule is COCCNC(=O)c1ccc(NCC(=O)Nc2cccc(C(=O)N(C)c3ccccc3)c2)cc1. The molecule has 0 aliphatic rings. The molecular weight excluding hydrogens is 432 g/mol. The number of hydrogen-bond donors (Lipinski definition) is 3. The van der Waals surface area contributed by atoms with Gasteiger partial charge in [-0.15, -0.1) is 0 Å². The molecule has 0 heterocycles. The zero-order valence-corrected chi connectivity index (χ0v) is 19.2. The predicted molar refractivity (Wildman–Crippen MR) is 133 cm³/mol. The number of amides is 3. The van der Waals surface area contributed by atoms with Gasteiger partial charge in [-0.25, -0.2) is 0 Å². The van der Waals surface area contributed by atoms with Crippen LogP contribution in [0.2, 0.25) is 0 Å². The molecule has 0 saturated heterocycles. The Morgan fingerprint density at radius 1 is 0.853 bits per heavy atom. The van der Waals surface area contributed by atoms with E-state index in [0.717, 1.165) is 5.69 Å². The van der Waals surface area contributed by atoms with E-state index in [9.17, 15) is 14.4 Å². The van der Waals surface area contributed by atoms with Crippen LogP contribution in [0.4, 0.5) is 17.1 Å². The minimum atomic E-state index is -0.262. The highest BCUT2D eigenvalue weighted by Crippen LogP contribution is 2.17. The normalized spacial score (nSPS) is 10.3. The second-order valence-electron chi connectivity index (χ2n) is 7.51. The van der Waals surface area contributed by atoms with Gasteiger partial charge in [-0.1, -0.05) is 24.3 Å². The molecule has 0 bridgehead atoms. The largest absolute Gasteiger partial charge is 0.383 e. The highest BCUT2D eigenvalue weighted by Gasteiger charge is 2.14. The van der Waals surface area contributed by atoms with Crippen molar-refractivity contribution in [2.24, 2.45) is 0 Å². The molecule has 0 atom stereocenters. The third-order valence-electron chi connectivity index (χ3n) is 5.03. The maximum atomic E-state index is 12.8. The van der Waals surface area contributed by atoms with Crippen molar-refractivity contribution in [2.45, 2.75) is 0 Å². The average molecular weight is 461 g/mol. The van der Waals surface area contributed by atoms with Gasteiger partial charge >= 0.3 is 0 Å². The highest BCUT2D eigenvalue weighted by atomic mass is 16.5. The molecule has 0 unspecified atom stereocenters. The van der Waals surface area contributed by atoms with E-state index in [0.29, 0.717) is 35.7 Å². The van der Waals surface area contributed by atoms with Crippen LogP contribution in [0, 0.1) is 0 Å². The summed E-state index contributed by atoms with van der Waals surface area (Å²) in [6.07, 6.45) is 0. The number of carbonyl (C=O) groups is 3. The molecule has 3 aromatic carbocycles. The van der Waals surface area contributed by atoms with Gasteiger partial charge < -0.3 is 25.6 Å². The van der Waals surface area contributed by atoms with Gasteiger partial charge in [-0.3, -0.25) is 14.4 Å². The summed E-state index contributed by atoms with van der Waals surface area (Å²) in [6.45, 7) is 0.910. The van der Waals surface area contributed by atoms with Gasteiger partial charge in [0.2, 0.25) is 5.91 Å². The molecular formula is C26H28N4O4. The Morgan fingerprint density at radius 3 is 2.29 bits per heavy atom. The molecule has 0 aliphatic heterocycles. The summed E-state index contributed by atoms with van der Waals surface area (Å²) >= 11 is 0. The van der Waals surface area contributed by atoms with Crippen molar-refractivity contribution in [1.29, 1.82) is 0 Å². The van der Waals surface area contributed by atoms with Crippen molar-refractivity contribution in [3.8, 4) is 0 Å². The molecule has 0 spiro atoms. The molecule has 8 heteroatoms. The Hall–Kier alpha value is -4.17. The Kier molecular flexibility index (Phi) is 8.76. The van der Waals surface area contributed by atoms with Gasteiger partial charge in [-0.2, -0.15) is 0 Å². The van der Waals surface area contributed by atoms with Crippen molar-refractivity contribution in [1.82, 2.24) is 5.32 Å². The van der Waals surface area contributed by atoms with E-state index in [-0.39, 0.29) is 24.3 Å². The van der Waals surface area contributed by atoms with Crippen molar-refractivity contribution in [3.63, 3.8) is 0 Å². The molecule has 8 nitrogen and oxygen atoms in total. The minimum absolute atomic E-state index is 0.0292. The average Bonchev–Trinajstić information content (AvgIpc) is 2.87. The van der Waals surface area contributed by atoms with Crippen LogP contribution >= 0.6 is 0 Å². The van der Waals surface area contributed by atoms with Crippen LogP contribution in [0.1, 0.15) is 20.7 Å². The number of carbonyl (C=O) groups excluding carboxylic acids is 3. The zero-order chi connectivity index (χ0) is 24.3. The lowest BCUT2D eigenvalue weighted by Gasteiger charge is -2.17. The van der Waals surface area contributed by atoms with Crippen LogP contribution in [0.3, 0.4) is 0 Å². The lowest BCUT2D eigenvalue weighted by atomic mass is 10.1. The topological polar surface area (TPSA) is 99.8 Å². The van der Waals surface area contributed by atoms with E-state index >= 15 is 0 Å². The molecule has 0 radical (unpaired) electrons. The maximum absolute atomic E-state index is 12.8. The van der Waals surface area contributed by atoms with E-state index in [1.54, 1.807) is 67.6 Å². The van der Waals surface area contributed by atoms with Crippen LogP contribution in [0.25, 0.3) is 0 Å². The van der Waals surface area contributed by atoms with Gasteiger partial charge in [0.25, 0.3) is 11.8 Å². The third-order valence-corrected chi connectivity index (χ3v) is 5.03. The van der Waals surface area contributed by atoms with Crippen LogP contribution in [0.15, 0.2) is 78.9 Å². The van der Waals surface area contributed by atoms with Gasteiger partial charge in [0.1, 0.15) is 0 Å². The van der Waals surface area contributed by atoms with Crippen molar-refractivity contribution < 1.29 is 19.1 Å². The van der Waals surface area contributed by atoms with Crippen molar-refractivity contribution >= 4 is 34.8 Å². The van der Waals surface area contributed by atoms with Gasteiger partial charge in [-0.05, 0) is 54.6 Å². The summed E-state index contributed by atoms with van der Waals surface area (Å²) in [5.41, 5.74) is 3.01. The highest BCUT2D eigenvalue weighted by molar-refractivity contribution is 6.06. The van der Waals surface area contributed by atoms with Gasteiger partial charge in [0.15, 0.2) is 0 Å². The molecule has 0 aromatic heterocycles. The van der Waals surface area contributed by atoms with E-state index in [1.807, 2.05) is 30.3 Å². The number of rotatable bonds is 10. The lowest BCUT2D eigenvalue weighted by Crippen LogP contribution is -2.27. The fourth-order valence-electron chi connectivity index (χ4n) is 3.19. The molecule has 176 valence electrons. The van der Waals surface area contributed by atoms with E-state index in [4.69, 9.17) is 4.74 Å². The van der Waals surface area contributed by atoms with Crippen LogP contribution in [-0.4, -0.2) is 51.6 Å². The molecule has 0 aliphatic carbocycles. The zero-order valence-electron chi connectivity index (χ0n) is 19.2. The third kappa shape index (κ3) is 6.91. The number of methoxy groups -OCH3 is 1. The number of nitrogens with zero attached hydrogens (tertiary/aromatic N) is 1. The maximum Gasteiger partial charge on any atom is 0.258 e. The summed E-state index contributed by atoms with van der Waals surface area (Å²) in [6, 6.07) is 23.0. The standard InChI is InChI=1S/C26H28N4O4/c1-30(23-9-4-3-5-10-23)26(33)20-7-6-8-22(17-20)29-24(31)18-28-21-13-11-19(12-14-21)25(32)27-15-16-34-2/h3-14,17,28H,15-16,18H2,1-2H3,(H,27,32)(H,29,31). The predicted octanol–water partition coefficient (Wildman–Crippen LogP) is 3.39. The first kappa shape index (κ1) is 24.5. The fraction of sp³-hybridized carbons (Fsp3) is 0.192. The fourth-order valence-corrected chi connectivity index (χ4v) is 3.19. The summed E-state index contributed by atoms with van der Waals surface area (Å²) in [4.78, 5) is 38.8. The van der Waals surface area contributed by atoms with E-state index in [2.05, 4.69) is 16.0 Å². The Balaban J connectivity index is 1.52. The minimum Gasteiger partial charge on any atom is -0.383 e. The quantitative estimate of drug-likeness (QED) is 0.403. The number of para-hydroxylation sites is 1. The molecule has 3 rings (SSSR count). The van der Waals surface area contributed by atoms with E-state index in [1.165, 1.54) is 0 Å². The van der Waals surface area contributed by atoms with Crippen LogP contribution < -0.4 is 20.9 Å². The smallest absolute Gasteiger partial charge is 0.258 e. The summed E-state index contributed by atoms with van der Waals surface area (Å²) in [5.74, 6) is -0.622. The number of nitrogens with one attached hydrogen (secondary N) is 3. The number of benzene rings is 3. The van der Waals surface area contributed by atoms with Gasteiger partial charge in [0.05, 0.1) is 13.2 Å². The van der Waals surface area contributed by atoms with Crippen LogP contribution in [0.5, 0.6) is 0 Å². The first-order chi connectivity index (χ1) is 16.5. The van der Waals surface area contributed by atoms with Crippen LogP contribution in [-0.2, 0) is 9.53 Å². The van der Waals surface area contributed by atoms with Crippen molar-refractivity contribution in [2.75, 3.05) is 49.4 Å². The number of hydrogen-bond acceptors (Lipinski definition) is 5. The molecule has 3 N–H and O–H groups in total. The second kappa shape index (κ2) is 12.2. The Morgan fingerprint density at radius 2 is 1.59 bits per heavy atom. The second-order valence-corrected chi connectivity index (χ2v) is 7.51. The number of anilines is 3. The Bertz CT molecular complexity index is 1120. The first-order valence-corrected chi connectivity index (χ1v) is 10.8. The summed E-state index contributed by atoms with van der Waals surface area (Å²) in [7, 11) is 3.28. The molecule has 3 aromatic rings. The van der Waals surface area contributed by atoms with Crippen molar-refractivity contribution in [3.05, 3.63) is 90.0 Å². The monoisotopic (exact) mass is 460 g/mol. The molecule has 3 amide bonds. The molecule has 34 heavy (non-hydrogen) atoms. The first-order valence-electron chi connectivity index (χ1n) is 10.8. The lowest BCUT2D eigenvalue weighted by molar-refractivity contribution is -0.114. The Labute approximate surface area is 198 Å².